The normalized spacial score (nSPS) is 24.2. The van der Waals surface area contributed by atoms with Crippen LogP contribution in [0.25, 0.3) is 0 Å². The Kier molecular flexibility index (Phi) is 4.34. The van der Waals surface area contributed by atoms with Gasteiger partial charge in [0, 0.05) is 12.0 Å². The highest BCUT2D eigenvalue weighted by atomic mass is 16.6. The summed E-state index contributed by atoms with van der Waals surface area (Å²) >= 11 is 0. The molecule has 17 heavy (non-hydrogen) atoms. The summed E-state index contributed by atoms with van der Waals surface area (Å²) in [6.07, 6.45) is 1.69. The van der Waals surface area contributed by atoms with Crippen LogP contribution in [0, 0.1) is 5.92 Å². The van der Waals surface area contributed by atoms with Crippen LogP contribution in [-0.4, -0.2) is 23.6 Å². The van der Waals surface area contributed by atoms with Crippen LogP contribution in [0.4, 0.5) is 4.79 Å². The molecule has 6 nitrogen and oxygen atoms in total. The van der Waals surface area contributed by atoms with Crippen molar-refractivity contribution in [1.82, 2.24) is 10.7 Å². The van der Waals surface area contributed by atoms with E-state index in [9.17, 15) is 9.59 Å². The number of nitrogens with one attached hydrogen (secondary N) is 2. The summed E-state index contributed by atoms with van der Waals surface area (Å²) in [5, 5.41) is 2.76. The number of carbonyl (C=O) groups is 2. The Labute approximate surface area is 101 Å². The topological polar surface area (TPSA) is 93.4 Å². The molecule has 2 amide bonds. The number of hydrogen-bond donors (Lipinski definition) is 3. The second kappa shape index (κ2) is 5.35. The molecule has 0 aromatic heterocycles. The molecule has 4 N–H and O–H groups in total. The monoisotopic (exact) mass is 243 g/mol. The highest BCUT2D eigenvalue weighted by Gasteiger charge is 2.31. The average Bonchev–Trinajstić information content (AvgIpc) is 2.62. The van der Waals surface area contributed by atoms with Gasteiger partial charge in [-0.3, -0.25) is 10.2 Å². The molecule has 0 unspecified atom stereocenters. The van der Waals surface area contributed by atoms with Gasteiger partial charge >= 0.3 is 6.09 Å². The van der Waals surface area contributed by atoms with Gasteiger partial charge in [0.1, 0.15) is 5.60 Å². The molecular formula is C11H21N3O3. The SMILES string of the molecule is CC(C)(C)OC(=O)N[C@H]1CC[C@@H](C(=O)NN)C1. The van der Waals surface area contributed by atoms with Crippen molar-refractivity contribution < 1.29 is 14.3 Å². The molecule has 0 aromatic rings. The highest BCUT2D eigenvalue weighted by molar-refractivity contribution is 5.78. The van der Waals surface area contributed by atoms with E-state index in [0.717, 1.165) is 12.8 Å². The Morgan fingerprint density at radius 3 is 2.47 bits per heavy atom. The number of nitrogens with two attached hydrogens (primary N) is 1. The van der Waals surface area contributed by atoms with E-state index in [4.69, 9.17) is 10.6 Å². The van der Waals surface area contributed by atoms with Gasteiger partial charge in [-0.2, -0.15) is 0 Å². The number of alkyl carbamates (subject to hydrolysis) is 1. The average molecular weight is 243 g/mol. The van der Waals surface area contributed by atoms with E-state index in [-0.39, 0.29) is 17.9 Å². The van der Waals surface area contributed by atoms with Crippen molar-refractivity contribution in [1.29, 1.82) is 0 Å². The lowest BCUT2D eigenvalue weighted by molar-refractivity contribution is -0.124. The fraction of sp³-hybridized carbons (Fsp3) is 0.818. The molecule has 1 rings (SSSR count). The quantitative estimate of drug-likeness (QED) is 0.377. The largest absolute Gasteiger partial charge is 0.444 e. The standard InChI is InChI=1S/C11H21N3O3/c1-11(2,3)17-10(16)13-8-5-4-7(6-8)9(15)14-12/h7-8H,4-6,12H2,1-3H3,(H,13,16)(H,14,15)/t7-,8+/m1/s1. The second-order valence-corrected chi connectivity index (χ2v) is 5.36. The highest BCUT2D eigenvalue weighted by Crippen LogP contribution is 2.25. The fourth-order valence-electron chi connectivity index (χ4n) is 1.94. The van der Waals surface area contributed by atoms with Crippen molar-refractivity contribution in [3.05, 3.63) is 0 Å². The number of carbonyl (C=O) groups excluding carboxylic acids is 2. The van der Waals surface area contributed by atoms with Gasteiger partial charge in [-0.05, 0) is 40.0 Å². The van der Waals surface area contributed by atoms with Gasteiger partial charge in [-0.15, -0.1) is 0 Å². The minimum Gasteiger partial charge on any atom is -0.444 e. The molecule has 98 valence electrons. The smallest absolute Gasteiger partial charge is 0.407 e. The summed E-state index contributed by atoms with van der Waals surface area (Å²) in [4.78, 5) is 22.8. The Morgan fingerprint density at radius 1 is 1.29 bits per heavy atom. The first-order chi connectivity index (χ1) is 7.81. The van der Waals surface area contributed by atoms with E-state index in [1.165, 1.54) is 0 Å². The van der Waals surface area contributed by atoms with Gasteiger partial charge in [0.05, 0.1) is 0 Å². The van der Waals surface area contributed by atoms with Crippen LogP contribution >= 0.6 is 0 Å². The molecule has 1 aliphatic carbocycles. The Bertz CT molecular complexity index is 299. The minimum atomic E-state index is -0.503. The Hall–Kier alpha value is -1.30. The molecular weight excluding hydrogens is 222 g/mol. The first kappa shape index (κ1) is 13.8. The number of hydrogen-bond acceptors (Lipinski definition) is 4. The maximum absolute atomic E-state index is 11.5. The van der Waals surface area contributed by atoms with Crippen LogP contribution in [0.2, 0.25) is 0 Å². The van der Waals surface area contributed by atoms with Gasteiger partial charge < -0.3 is 10.1 Å². The van der Waals surface area contributed by atoms with Crippen molar-refractivity contribution >= 4 is 12.0 Å². The summed E-state index contributed by atoms with van der Waals surface area (Å²) < 4.78 is 5.15. The van der Waals surface area contributed by atoms with Crippen molar-refractivity contribution in [3.63, 3.8) is 0 Å². The van der Waals surface area contributed by atoms with Crippen molar-refractivity contribution in [2.75, 3.05) is 0 Å². The van der Waals surface area contributed by atoms with Gasteiger partial charge in [-0.1, -0.05) is 0 Å². The number of amides is 2. The van der Waals surface area contributed by atoms with Crippen LogP contribution in [0.5, 0.6) is 0 Å². The molecule has 0 bridgehead atoms. The lowest BCUT2D eigenvalue weighted by Crippen LogP contribution is -2.39. The van der Waals surface area contributed by atoms with Crippen LogP contribution in [0.15, 0.2) is 0 Å². The Morgan fingerprint density at radius 2 is 1.94 bits per heavy atom. The molecule has 0 heterocycles. The van der Waals surface area contributed by atoms with Crippen LogP contribution in [0.1, 0.15) is 40.0 Å². The zero-order chi connectivity index (χ0) is 13.1. The molecule has 0 radical (unpaired) electrons. The summed E-state index contributed by atoms with van der Waals surface area (Å²) in [5.74, 6) is 4.79. The van der Waals surface area contributed by atoms with Crippen LogP contribution in [0.3, 0.4) is 0 Å². The predicted molar refractivity (Wildman–Crippen MR) is 62.8 cm³/mol. The van der Waals surface area contributed by atoms with E-state index in [1.807, 2.05) is 20.8 Å². The second-order valence-electron chi connectivity index (χ2n) is 5.36. The van der Waals surface area contributed by atoms with E-state index in [2.05, 4.69) is 10.7 Å². The molecule has 6 heteroatoms. The number of hydrazine groups is 1. The van der Waals surface area contributed by atoms with Gasteiger partial charge in [-0.25, -0.2) is 10.6 Å². The zero-order valence-corrected chi connectivity index (χ0v) is 10.6. The maximum atomic E-state index is 11.5. The van der Waals surface area contributed by atoms with Gasteiger partial charge in [0.15, 0.2) is 0 Å². The van der Waals surface area contributed by atoms with Gasteiger partial charge in [0.2, 0.25) is 5.91 Å². The molecule has 0 spiro atoms. The zero-order valence-electron chi connectivity index (χ0n) is 10.6. The summed E-state index contributed by atoms with van der Waals surface area (Å²) in [6, 6.07) is -0.00727. The molecule has 0 saturated heterocycles. The van der Waals surface area contributed by atoms with Crippen molar-refractivity contribution in [3.8, 4) is 0 Å². The van der Waals surface area contributed by atoms with E-state index in [1.54, 1.807) is 0 Å². The molecule has 0 aromatic carbocycles. The first-order valence-electron chi connectivity index (χ1n) is 5.82. The summed E-state index contributed by atoms with van der Waals surface area (Å²) in [5.41, 5.74) is 1.63. The maximum Gasteiger partial charge on any atom is 0.407 e. The molecule has 0 aliphatic heterocycles. The van der Waals surface area contributed by atoms with Crippen LogP contribution < -0.4 is 16.6 Å². The van der Waals surface area contributed by atoms with Crippen molar-refractivity contribution in [2.45, 2.75) is 51.7 Å². The lowest BCUT2D eigenvalue weighted by Gasteiger charge is -2.21. The van der Waals surface area contributed by atoms with E-state index in [0.29, 0.717) is 6.42 Å². The number of ether oxygens (including phenoxy) is 1. The van der Waals surface area contributed by atoms with Gasteiger partial charge in [0.25, 0.3) is 0 Å². The van der Waals surface area contributed by atoms with Crippen molar-refractivity contribution in [2.24, 2.45) is 11.8 Å². The molecule has 1 saturated carbocycles. The third kappa shape index (κ3) is 4.60. The fourth-order valence-corrected chi connectivity index (χ4v) is 1.94. The number of rotatable bonds is 2. The third-order valence-corrected chi connectivity index (χ3v) is 2.67. The van der Waals surface area contributed by atoms with E-state index < -0.39 is 11.7 Å². The molecule has 1 fully saturated rings. The Balaban J connectivity index is 2.35. The van der Waals surface area contributed by atoms with E-state index >= 15 is 0 Å². The summed E-state index contributed by atoms with van der Waals surface area (Å²) in [6.45, 7) is 5.43. The first-order valence-corrected chi connectivity index (χ1v) is 5.82. The predicted octanol–water partition coefficient (Wildman–Crippen LogP) is 0.670. The lowest BCUT2D eigenvalue weighted by atomic mass is 10.1. The summed E-state index contributed by atoms with van der Waals surface area (Å²) in [7, 11) is 0. The molecule has 1 aliphatic rings. The van der Waals surface area contributed by atoms with Crippen LogP contribution in [-0.2, 0) is 9.53 Å². The molecule has 2 atom stereocenters. The third-order valence-electron chi connectivity index (χ3n) is 2.67. The minimum absolute atomic E-state index is 0.00727.